The van der Waals surface area contributed by atoms with E-state index in [0.29, 0.717) is 19.3 Å². The molecule has 62 heavy (non-hydrogen) atoms. The molecule has 0 aromatic heterocycles. The summed E-state index contributed by atoms with van der Waals surface area (Å²) in [5.41, 5.74) is 0. The lowest BCUT2D eigenvalue weighted by Crippen LogP contribution is -2.30. The van der Waals surface area contributed by atoms with Crippen LogP contribution in [-0.4, -0.2) is 37.2 Å². The van der Waals surface area contributed by atoms with Crippen LogP contribution in [0, 0.1) is 0 Å². The van der Waals surface area contributed by atoms with E-state index in [1.54, 1.807) is 0 Å². The van der Waals surface area contributed by atoms with Gasteiger partial charge < -0.3 is 14.2 Å². The normalized spacial score (nSPS) is 12.6. The minimum Gasteiger partial charge on any atom is -0.462 e. The van der Waals surface area contributed by atoms with Crippen molar-refractivity contribution in [3.05, 3.63) is 72.9 Å². The standard InChI is InChI=1S/C56H96O6/c1-4-7-10-13-16-19-22-24-26-27-28-29-30-32-34-37-40-43-46-49-55(58)61-52-53(51-60-54(57)48-45-42-39-36-33-21-18-15-12-9-6-3)62-56(59)50-47-44-41-38-35-31-25-23-20-17-14-11-8-5-2/h14-19,23-26,28-29,53H,4-13,20-22,27,30-52H2,1-3H3/b17-14-,18-15-,19-16-,25-23-,26-24-,29-28-/t53-/m1/s1. The van der Waals surface area contributed by atoms with Crippen LogP contribution in [0.5, 0.6) is 0 Å². The number of unbranched alkanes of at least 4 members (excludes halogenated alkanes) is 23. The van der Waals surface area contributed by atoms with Crippen LogP contribution in [0.3, 0.4) is 0 Å². The Hall–Kier alpha value is -3.15. The summed E-state index contributed by atoms with van der Waals surface area (Å²) < 4.78 is 16.8. The van der Waals surface area contributed by atoms with E-state index in [1.165, 1.54) is 96.3 Å². The van der Waals surface area contributed by atoms with Crippen LogP contribution in [0.15, 0.2) is 72.9 Å². The number of hydrogen-bond donors (Lipinski definition) is 0. The van der Waals surface area contributed by atoms with Gasteiger partial charge in [0.15, 0.2) is 6.10 Å². The Morgan fingerprint density at radius 3 is 0.968 bits per heavy atom. The van der Waals surface area contributed by atoms with Gasteiger partial charge in [-0.15, -0.1) is 0 Å². The lowest BCUT2D eigenvalue weighted by Gasteiger charge is -2.18. The van der Waals surface area contributed by atoms with Crippen LogP contribution in [0.4, 0.5) is 0 Å². The van der Waals surface area contributed by atoms with E-state index in [2.05, 4.69) is 93.7 Å². The van der Waals surface area contributed by atoms with Crippen molar-refractivity contribution in [3.63, 3.8) is 0 Å². The van der Waals surface area contributed by atoms with Crippen LogP contribution < -0.4 is 0 Å². The number of carbonyl (C=O) groups excluding carboxylic acids is 3. The molecule has 0 N–H and O–H groups in total. The van der Waals surface area contributed by atoms with Crippen molar-refractivity contribution in [2.75, 3.05) is 13.2 Å². The summed E-state index contributed by atoms with van der Waals surface area (Å²) >= 11 is 0. The third-order valence-corrected chi connectivity index (χ3v) is 10.9. The third-order valence-electron chi connectivity index (χ3n) is 10.9. The zero-order chi connectivity index (χ0) is 45.1. The van der Waals surface area contributed by atoms with Gasteiger partial charge in [0, 0.05) is 19.3 Å². The number of allylic oxidation sites excluding steroid dienone is 12. The Morgan fingerprint density at radius 2 is 0.597 bits per heavy atom. The van der Waals surface area contributed by atoms with E-state index in [9.17, 15) is 14.4 Å². The Kier molecular flexibility index (Phi) is 47.9. The molecular formula is C56H96O6. The highest BCUT2D eigenvalue weighted by Gasteiger charge is 2.19. The highest BCUT2D eigenvalue weighted by atomic mass is 16.6. The molecule has 0 rings (SSSR count). The van der Waals surface area contributed by atoms with E-state index in [4.69, 9.17) is 14.2 Å². The van der Waals surface area contributed by atoms with Crippen molar-refractivity contribution in [2.45, 2.75) is 252 Å². The first-order valence-corrected chi connectivity index (χ1v) is 25.9. The number of rotatable bonds is 46. The first-order chi connectivity index (χ1) is 30.5. The smallest absolute Gasteiger partial charge is 0.306 e. The topological polar surface area (TPSA) is 78.9 Å². The fourth-order valence-corrected chi connectivity index (χ4v) is 6.92. The van der Waals surface area contributed by atoms with Gasteiger partial charge in [0.1, 0.15) is 13.2 Å². The molecule has 0 aliphatic rings. The number of ether oxygens (including phenoxy) is 3. The summed E-state index contributed by atoms with van der Waals surface area (Å²) in [5.74, 6) is -0.926. The molecule has 0 spiro atoms. The van der Waals surface area contributed by atoms with Gasteiger partial charge in [0.25, 0.3) is 0 Å². The van der Waals surface area contributed by atoms with E-state index in [-0.39, 0.29) is 31.1 Å². The predicted octanol–water partition coefficient (Wildman–Crippen LogP) is 17.0. The summed E-state index contributed by atoms with van der Waals surface area (Å²) in [5, 5.41) is 0. The summed E-state index contributed by atoms with van der Waals surface area (Å²) in [6.07, 6.45) is 63.1. The van der Waals surface area contributed by atoms with Gasteiger partial charge in [-0.05, 0) is 103 Å². The molecule has 0 radical (unpaired) electrons. The van der Waals surface area contributed by atoms with Crippen molar-refractivity contribution in [2.24, 2.45) is 0 Å². The first-order valence-electron chi connectivity index (χ1n) is 25.9. The number of carbonyl (C=O) groups is 3. The molecule has 0 aliphatic carbocycles. The monoisotopic (exact) mass is 865 g/mol. The highest BCUT2D eigenvalue weighted by molar-refractivity contribution is 5.71. The molecule has 0 fully saturated rings. The fraction of sp³-hybridized carbons (Fsp3) is 0.732. The lowest BCUT2D eigenvalue weighted by atomic mass is 10.1. The van der Waals surface area contributed by atoms with E-state index in [0.717, 1.165) is 109 Å². The third kappa shape index (κ3) is 47.9. The molecule has 0 amide bonds. The predicted molar refractivity (Wildman–Crippen MR) is 265 cm³/mol. The average Bonchev–Trinajstić information content (AvgIpc) is 3.27. The molecular weight excluding hydrogens is 769 g/mol. The molecule has 0 aromatic carbocycles. The zero-order valence-electron chi connectivity index (χ0n) is 40.6. The molecule has 0 heterocycles. The number of esters is 3. The second-order valence-corrected chi connectivity index (χ2v) is 17.1. The fourth-order valence-electron chi connectivity index (χ4n) is 6.92. The molecule has 0 saturated heterocycles. The van der Waals surface area contributed by atoms with Crippen LogP contribution in [-0.2, 0) is 28.6 Å². The first kappa shape index (κ1) is 58.9. The van der Waals surface area contributed by atoms with E-state index >= 15 is 0 Å². The molecule has 0 aliphatic heterocycles. The van der Waals surface area contributed by atoms with Crippen molar-refractivity contribution >= 4 is 17.9 Å². The Bertz CT molecular complexity index is 1180. The molecule has 356 valence electrons. The van der Waals surface area contributed by atoms with Crippen LogP contribution in [0.25, 0.3) is 0 Å². The van der Waals surface area contributed by atoms with Gasteiger partial charge in [-0.3, -0.25) is 14.4 Å². The Labute approximate surface area is 382 Å². The van der Waals surface area contributed by atoms with Gasteiger partial charge in [-0.25, -0.2) is 0 Å². The molecule has 0 unspecified atom stereocenters. The van der Waals surface area contributed by atoms with Gasteiger partial charge in [-0.1, -0.05) is 196 Å². The summed E-state index contributed by atoms with van der Waals surface area (Å²) in [4.78, 5) is 37.9. The molecule has 6 heteroatoms. The highest BCUT2D eigenvalue weighted by Crippen LogP contribution is 2.13. The maximum absolute atomic E-state index is 12.8. The second kappa shape index (κ2) is 50.5. The Morgan fingerprint density at radius 1 is 0.323 bits per heavy atom. The van der Waals surface area contributed by atoms with Crippen LogP contribution >= 0.6 is 0 Å². The zero-order valence-corrected chi connectivity index (χ0v) is 40.6. The average molecular weight is 865 g/mol. The van der Waals surface area contributed by atoms with E-state index in [1.807, 2.05) is 0 Å². The maximum Gasteiger partial charge on any atom is 0.306 e. The van der Waals surface area contributed by atoms with Crippen molar-refractivity contribution in [3.8, 4) is 0 Å². The van der Waals surface area contributed by atoms with Crippen molar-refractivity contribution in [1.29, 1.82) is 0 Å². The lowest BCUT2D eigenvalue weighted by molar-refractivity contribution is -0.167. The molecule has 0 aromatic rings. The van der Waals surface area contributed by atoms with Gasteiger partial charge in [-0.2, -0.15) is 0 Å². The quantitative estimate of drug-likeness (QED) is 0.0262. The number of hydrogen-bond acceptors (Lipinski definition) is 6. The molecule has 1 atom stereocenters. The summed E-state index contributed by atoms with van der Waals surface area (Å²) in [7, 11) is 0. The SMILES string of the molecule is CCCC/C=C\C/C=C\CCCCCCCC(=O)O[C@H](COC(=O)CCCCCCC/C=C\CCCC)COC(=O)CCCCCCCC/C=C\C/C=C\C/C=C\CCCCC. The maximum atomic E-state index is 12.8. The van der Waals surface area contributed by atoms with Crippen LogP contribution in [0.1, 0.15) is 245 Å². The van der Waals surface area contributed by atoms with Gasteiger partial charge in [0.2, 0.25) is 0 Å². The Balaban J connectivity index is 4.40. The van der Waals surface area contributed by atoms with Gasteiger partial charge >= 0.3 is 17.9 Å². The molecule has 0 bridgehead atoms. The van der Waals surface area contributed by atoms with Gasteiger partial charge in [0.05, 0.1) is 0 Å². The summed E-state index contributed by atoms with van der Waals surface area (Å²) in [6.45, 7) is 6.50. The van der Waals surface area contributed by atoms with Crippen LogP contribution in [0.2, 0.25) is 0 Å². The van der Waals surface area contributed by atoms with Crippen molar-refractivity contribution in [1.82, 2.24) is 0 Å². The minimum atomic E-state index is -0.790. The molecule has 6 nitrogen and oxygen atoms in total. The second-order valence-electron chi connectivity index (χ2n) is 17.1. The summed E-state index contributed by atoms with van der Waals surface area (Å²) in [6, 6.07) is 0. The largest absolute Gasteiger partial charge is 0.462 e. The minimum absolute atomic E-state index is 0.0903. The molecule has 0 saturated carbocycles. The van der Waals surface area contributed by atoms with E-state index < -0.39 is 6.10 Å². The van der Waals surface area contributed by atoms with Crippen molar-refractivity contribution < 1.29 is 28.6 Å².